The van der Waals surface area contributed by atoms with E-state index in [1.54, 1.807) is 12.1 Å². The Hall–Kier alpha value is -3.31. The highest BCUT2D eigenvalue weighted by Crippen LogP contribution is 2.35. The van der Waals surface area contributed by atoms with Gasteiger partial charge in [0.1, 0.15) is 18.2 Å². The number of halogens is 1. The Morgan fingerprint density at radius 2 is 1.74 bits per heavy atom. The second-order valence-corrected chi connectivity index (χ2v) is 9.14. The van der Waals surface area contributed by atoms with Crippen molar-refractivity contribution in [3.8, 4) is 17.6 Å². The molecule has 0 aliphatic rings. The zero-order valence-electron chi connectivity index (χ0n) is 19.7. The van der Waals surface area contributed by atoms with Gasteiger partial charge in [0.15, 0.2) is 11.5 Å². The lowest BCUT2D eigenvalue weighted by molar-refractivity contribution is -0.112. The summed E-state index contributed by atoms with van der Waals surface area (Å²) in [4.78, 5) is 12.8. The Morgan fingerprint density at radius 1 is 1.03 bits per heavy atom. The Morgan fingerprint density at radius 3 is 2.41 bits per heavy atom. The van der Waals surface area contributed by atoms with Crippen LogP contribution in [0.1, 0.15) is 34.7 Å². The molecule has 0 bridgehead atoms. The van der Waals surface area contributed by atoms with Crippen molar-refractivity contribution < 1.29 is 14.3 Å². The zero-order chi connectivity index (χ0) is 24.7. The summed E-state index contributed by atoms with van der Waals surface area (Å²) in [6.07, 6.45) is 1.56. The van der Waals surface area contributed by atoms with E-state index in [2.05, 4.69) is 27.9 Å². The minimum absolute atomic E-state index is 0.00692. The summed E-state index contributed by atoms with van der Waals surface area (Å²) in [6, 6.07) is 19.6. The van der Waals surface area contributed by atoms with Gasteiger partial charge in [-0.15, -0.1) is 0 Å². The fraction of sp³-hybridized carbons (Fsp3) is 0.214. The van der Waals surface area contributed by atoms with Gasteiger partial charge in [0.2, 0.25) is 0 Å². The van der Waals surface area contributed by atoms with E-state index < -0.39 is 5.91 Å². The molecule has 0 aliphatic carbocycles. The first-order valence-corrected chi connectivity index (χ1v) is 12.0. The topological polar surface area (TPSA) is 71.3 Å². The summed E-state index contributed by atoms with van der Waals surface area (Å²) in [5.41, 5.74) is 5.59. The Bertz CT molecular complexity index is 1260. The van der Waals surface area contributed by atoms with E-state index in [1.165, 1.54) is 5.56 Å². The zero-order valence-corrected chi connectivity index (χ0v) is 21.9. The van der Waals surface area contributed by atoms with Gasteiger partial charge < -0.3 is 14.8 Å². The largest absolute Gasteiger partial charge is 0.490 e. The molecule has 0 saturated carbocycles. The maximum Gasteiger partial charge on any atom is 0.266 e. The predicted octanol–water partition coefficient (Wildman–Crippen LogP) is 6.74. The molecule has 6 heteroatoms. The first-order valence-electron chi connectivity index (χ1n) is 11.0. The lowest BCUT2D eigenvalue weighted by Gasteiger charge is -2.15. The molecule has 34 heavy (non-hydrogen) atoms. The van der Waals surface area contributed by atoms with Crippen LogP contribution in [0, 0.1) is 35.7 Å². The maximum atomic E-state index is 12.8. The molecule has 0 spiro atoms. The van der Waals surface area contributed by atoms with Gasteiger partial charge >= 0.3 is 0 Å². The number of carbonyl (C=O) groups excluding carboxylic acids is 1. The number of ether oxygens (including phenoxy) is 2. The van der Waals surface area contributed by atoms with Crippen LogP contribution in [-0.4, -0.2) is 12.5 Å². The summed E-state index contributed by atoms with van der Waals surface area (Å²) < 4.78 is 12.7. The van der Waals surface area contributed by atoms with E-state index in [0.717, 1.165) is 20.3 Å². The number of carbonyl (C=O) groups is 1. The van der Waals surface area contributed by atoms with Crippen molar-refractivity contribution in [2.24, 2.45) is 0 Å². The van der Waals surface area contributed by atoms with Gasteiger partial charge in [0.25, 0.3) is 5.91 Å². The molecule has 174 valence electrons. The molecule has 0 saturated heterocycles. The molecular formula is C28H27IN2O3. The number of benzene rings is 3. The van der Waals surface area contributed by atoms with E-state index in [4.69, 9.17) is 9.47 Å². The molecule has 0 heterocycles. The molecule has 0 radical (unpaired) electrons. The summed E-state index contributed by atoms with van der Waals surface area (Å²) in [5.74, 6) is 0.752. The van der Waals surface area contributed by atoms with Crippen LogP contribution in [-0.2, 0) is 11.4 Å². The number of hydrogen-bond donors (Lipinski definition) is 1. The van der Waals surface area contributed by atoms with Crippen molar-refractivity contribution in [1.29, 1.82) is 5.26 Å². The third-order valence-corrected chi connectivity index (χ3v) is 5.95. The van der Waals surface area contributed by atoms with Crippen LogP contribution in [0.5, 0.6) is 11.5 Å². The van der Waals surface area contributed by atoms with Gasteiger partial charge in [-0.1, -0.05) is 42.0 Å². The summed E-state index contributed by atoms with van der Waals surface area (Å²) >= 11 is 2.18. The minimum atomic E-state index is -0.455. The lowest BCUT2D eigenvalue weighted by atomic mass is 10.1. The average molecular weight is 566 g/mol. The third kappa shape index (κ3) is 6.61. The molecule has 5 nitrogen and oxygen atoms in total. The number of aryl methyl sites for hydroxylation is 3. The van der Waals surface area contributed by atoms with Crippen LogP contribution < -0.4 is 14.8 Å². The fourth-order valence-electron chi connectivity index (χ4n) is 3.29. The summed E-state index contributed by atoms with van der Waals surface area (Å²) in [5, 5.41) is 12.5. The monoisotopic (exact) mass is 566 g/mol. The van der Waals surface area contributed by atoms with Gasteiger partial charge in [-0.05, 0) is 96.8 Å². The van der Waals surface area contributed by atoms with E-state index in [0.29, 0.717) is 36.0 Å². The average Bonchev–Trinajstić information content (AvgIpc) is 2.80. The van der Waals surface area contributed by atoms with Crippen molar-refractivity contribution in [2.75, 3.05) is 11.9 Å². The van der Waals surface area contributed by atoms with Gasteiger partial charge in [0, 0.05) is 5.69 Å². The maximum absolute atomic E-state index is 12.8. The van der Waals surface area contributed by atoms with Crippen LogP contribution >= 0.6 is 22.6 Å². The third-order valence-electron chi connectivity index (χ3n) is 5.15. The van der Waals surface area contributed by atoms with Crippen LogP contribution in [0.3, 0.4) is 0 Å². The van der Waals surface area contributed by atoms with Crippen LogP contribution in [0.4, 0.5) is 5.69 Å². The molecule has 0 fully saturated rings. The number of anilines is 1. The Kier molecular flexibility index (Phi) is 8.72. The van der Waals surface area contributed by atoms with Crippen molar-refractivity contribution in [3.63, 3.8) is 0 Å². The number of rotatable bonds is 8. The van der Waals surface area contributed by atoms with Gasteiger partial charge in [-0.3, -0.25) is 4.79 Å². The van der Waals surface area contributed by atoms with Crippen molar-refractivity contribution >= 4 is 40.3 Å². The standard InChI is InChI=1S/C28H27IN2O3/c1-5-33-26-15-22(14-24(29)27(26)34-17-21-10-7-18(2)8-11-21)13-23(16-30)28(32)31-25-12-19(3)6-9-20(25)4/h6-15H,5,17H2,1-4H3,(H,31,32)/b23-13-. The summed E-state index contributed by atoms with van der Waals surface area (Å²) in [7, 11) is 0. The van der Waals surface area contributed by atoms with Gasteiger partial charge in [0.05, 0.1) is 10.2 Å². The highest BCUT2D eigenvalue weighted by molar-refractivity contribution is 14.1. The van der Waals surface area contributed by atoms with Crippen molar-refractivity contribution in [3.05, 3.63) is 91.6 Å². The molecule has 3 aromatic rings. The Labute approximate surface area is 214 Å². The normalized spacial score (nSPS) is 11.0. The van der Waals surface area contributed by atoms with Gasteiger partial charge in [-0.25, -0.2) is 0 Å². The number of nitriles is 1. The lowest BCUT2D eigenvalue weighted by Crippen LogP contribution is -2.14. The van der Waals surface area contributed by atoms with Gasteiger partial charge in [-0.2, -0.15) is 5.26 Å². The molecule has 0 unspecified atom stereocenters. The van der Waals surface area contributed by atoms with Crippen molar-refractivity contribution in [2.45, 2.75) is 34.3 Å². The van der Waals surface area contributed by atoms with Crippen LogP contribution in [0.2, 0.25) is 0 Å². The van der Waals surface area contributed by atoms with Crippen molar-refractivity contribution in [1.82, 2.24) is 0 Å². The number of amides is 1. The molecule has 0 aliphatic heterocycles. The second-order valence-electron chi connectivity index (χ2n) is 7.98. The SMILES string of the molecule is CCOc1cc(/C=C(/C#N)C(=O)Nc2cc(C)ccc2C)cc(I)c1OCc1ccc(C)cc1. The molecule has 0 atom stereocenters. The molecule has 3 rings (SSSR count). The molecule has 1 N–H and O–H groups in total. The first-order chi connectivity index (χ1) is 16.3. The smallest absolute Gasteiger partial charge is 0.266 e. The second kappa shape index (κ2) is 11.7. The number of nitrogens with one attached hydrogen (secondary N) is 1. The predicted molar refractivity (Wildman–Crippen MR) is 144 cm³/mol. The van der Waals surface area contributed by atoms with E-state index in [9.17, 15) is 10.1 Å². The number of nitrogens with zero attached hydrogens (tertiary/aromatic N) is 1. The Balaban J connectivity index is 1.85. The first kappa shape index (κ1) is 25.3. The van der Waals surface area contributed by atoms with Crippen LogP contribution in [0.25, 0.3) is 6.08 Å². The highest BCUT2D eigenvalue weighted by Gasteiger charge is 2.15. The molecule has 0 aromatic heterocycles. The minimum Gasteiger partial charge on any atom is -0.490 e. The number of hydrogen-bond acceptors (Lipinski definition) is 4. The van der Waals surface area contributed by atoms with E-state index >= 15 is 0 Å². The quantitative estimate of drug-likeness (QED) is 0.186. The molecular weight excluding hydrogens is 539 g/mol. The van der Waals surface area contributed by atoms with E-state index in [1.807, 2.05) is 82.3 Å². The molecule has 1 amide bonds. The molecule has 3 aromatic carbocycles. The summed E-state index contributed by atoms with van der Waals surface area (Å²) in [6.45, 7) is 8.69. The highest BCUT2D eigenvalue weighted by atomic mass is 127. The van der Waals surface area contributed by atoms with Crippen LogP contribution in [0.15, 0.2) is 60.2 Å². The van der Waals surface area contributed by atoms with E-state index in [-0.39, 0.29) is 5.57 Å². The fourth-order valence-corrected chi connectivity index (χ4v) is 4.07.